The number of ether oxygens (including phenoxy) is 1. The highest BCUT2D eigenvalue weighted by Gasteiger charge is 2.28. The molecule has 0 saturated heterocycles. The van der Waals surface area contributed by atoms with Crippen LogP contribution in [0.3, 0.4) is 0 Å². The van der Waals surface area contributed by atoms with Gasteiger partial charge in [0, 0.05) is 4.91 Å². The Bertz CT molecular complexity index is 418. The zero-order valence-electron chi connectivity index (χ0n) is 10.1. The van der Waals surface area contributed by atoms with Gasteiger partial charge in [-0.25, -0.2) is 0 Å². The second-order valence-electron chi connectivity index (χ2n) is 4.57. The van der Waals surface area contributed by atoms with Gasteiger partial charge in [0.05, 0.1) is 24.9 Å². The molecule has 0 heterocycles. The van der Waals surface area contributed by atoms with Gasteiger partial charge in [-0.3, -0.25) is 0 Å². The first kappa shape index (κ1) is 12.9. The lowest BCUT2D eigenvalue weighted by Crippen LogP contribution is -2.35. The van der Waals surface area contributed by atoms with Gasteiger partial charge >= 0.3 is 0 Å². The van der Waals surface area contributed by atoms with Crippen molar-refractivity contribution in [2.24, 2.45) is 5.11 Å². The molecule has 0 spiro atoms. The maximum Gasteiger partial charge on any atom is 0.0720 e. The lowest BCUT2D eigenvalue weighted by atomic mass is 9.91. The Balaban J connectivity index is 1.85. The minimum atomic E-state index is -0.530. The van der Waals surface area contributed by atoms with E-state index in [2.05, 4.69) is 10.0 Å². The maximum absolute atomic E-state index is 9.68. The summed E-state index contributed by atoms with van der Waals surface area (Å²) in [4.78, 5) is 2.77. The number of aliphatic hydroxyl groups is 1. The van der Waals surface area contributed by atoms with E-state index in [4.69, 9.17) is 10.3 Å². The van der Waals surface area contributed by atoms with Crippen LogP contribution in [-0.2, 0) is 11.3 Å². The summed E-state index contributed by atoms with van der Waals surface area (Å²) in [5.41, 5.74) is 9.57. The normalized spacial score (nSPS) is 27.5. The van der Waals surface area contributed by atoms with Gasteiger partial charge in [-0.2, -0.15) is 0 Å². The maximum atomic E-state index is 9.68. The summed E-state index contributed by atoms with van der Waals surface area (Å²) in [5, 5.41) is 13.3. The highest BCUT2D eigenvalue weighted by atomic mass is 16.5. The van der Waals surface area contributed by atoms with E-state index in [9.17, 15) is 5.11 Å². The summed E-state index contributed by atoms with van der Waals surface area (Å²) in [5.74, 6) is 0. The average molecular weight is 247 g/mol. The van der Waals surface area contributed by atoms with E-state index < -0.39 is 6.10 Å². The van der Waals surface area contributed by atoms with Crippen LogP contribution in [-0.4, -0.2) is 23.4 Å². The van der Waals surface area contributed by atoms with Crippen LogP contribution in [0.5, 0.6) is 0 Å². The van der Waals surface area contributed by atoms with E-state index in [1.165, 1.54) is 0 Å². The van der Waals surface area contributed by atoms with Gasteiger partial charge in [0.1, 0.15) is 0 Å². The van der Waals surface area contributed by atoms with Crippen LogP contribution in [0.15, 0.2) is 35.4 Å². The van der Waals surface area contributed by atoms with Crippen molar-refractivity contribution >= 4 is 0 Å². The predicted molar refractivity (Wildman–Crippen MR) is 67.8 cm³/mol. The SMILES string of the molecule is [N-]=[N+]=N[C@H]1C[C@H](OCc2ccccc2)CC[C@@H]1O. The number of nitrogens with zero attached hydrogens (tertiary/aromatic N) is 3. The molecule has 1 aromatic rings. The van der Waals surface area contributed by atoms with E-state index in [1.807, 2.05) is 30.3 Å². The molecule has 5 nitrogen and oxygen atoms in total. The fourth-order valence-corrected chi connectivity index (χ4v) is 2.22. The highest BCUT2D eigenvalue weighted by Crippen LogP contribution is 2.25. The monoisotopic (exact) mass is 247 g/mol. The highest BCUT2D eigenvalue weighted by molar-refractivity contribution is 5.13. The minimum Gasteiger partial charge on any atom is -0.393 e. The summed E-state index contributed by atoms with van der Waals surface area (Å²) < 4.78 is 5.80. The lowest BCUT2D eigenvalue weighted by molar-refractivity contribution is -0.0207. The molecular formula is C13H17N3O2. The average Bonchev–Trinajstić information content (AvgIpc) is 2.41. The van der Waals surface area contributed by atoms with Gasteiger partial charge < -0.3 is 9.84 Å². The third kappa shape index (κ3) is 3.47. The van der Waals surface area contributed by atoms with Crippen molar-refractivity contribution in [2.75, 3.05) is 0 Å². The van der Waals surface area contributed by atoms with Crippen LogP contribution in [0.4, 0.5) is 0 Å². The Morgan fingerprint density at radius 2 is 2.11 bits per heavy atom. The number of aliphatic hydroxyl groups excluding tert-OH is 1. The van der Waals surface area contributed by atoms with Gasteiger partial charge in [0.15, 0.2) is 0 Å². The fraction of sp³-hybridized carbons (Fsp3) is 0.538. The number of benzene rings is 1. The van der Waals surface area contributed by atoms with Crippen molar-refractivity contribution in [1.29, 1.82) is 0 Å². The quantitative estimate of drug-likeness (QED) is 0.504. The standard InChI is InChI=1S/C13H17N3O2/c14-16-15-12-8-11(6-7-13(12)17)18-9-10-4-2-1-3-5-10/h1-5,11-13,17H,6-9H2/t11-,12+,13+/m1/s1. The Morgan fingerprint density at radius 3 is 2.83 bits per heavy atom. The summed E-state index contributed by atoms with van der Waals surface area (Å²) in [6.07, 6.45) is 1.56. The third-order valence-electron chi connectivity index (χ3n) is 3.26. The van der Waals surface area contributed by atoms with Gasteiger partial charge in [-0.05, 0) is 30.4 Å². The molecular weight excluding hydrogens is 230 g/mol. The Kier molecular flexibility index (Phi) is 4.59. The van der Waals surface area contributed by atoms with E-state index >= 15 is 0 Å². The Morgan fingerprint density at radius 1 is 1.33 bits per heavy atom. The van der Waals surface area contributed by atoms with Crippen LogP contribution in [0.2, 0.25) is 0 Å². The molecule has 5 heteroatoms. The molecule has 0 aromatic heterocycles. The molecule has 0 aliphatic heterocycles. The zero-order valence-corrected chi connectivity index (χ0v) is 10.1. The van der Waals surface area contributed by atoms with E-state index in [0.29, 0.717) is 19.4 Å². The van der Waals surface area contributed by atoms with Crippen LogP contribution >= 0.6 is 0 Å². The number of hydrogen-bond donors (Lipinski definition) is 1. The summed E-state index contributed by atoms with van der Waals surface area (Å²) >= 11 is 0. The largest absolute Gasteiger partial charge is 0.393 e. The molecule has 0 unspecified atom stereocenters. The third-order valence-corrected chi connectivity index (χ3v) is 3.26. The molecule has 0 amide bonds. The fourth-order valence-electron chi connectivity index (χ4n) is 2.22. The minimum absolute atomic E-state index is 0.0594. The molecule has 2 rings (SSSR count). The van der Waals surface area contributed by atoms with Crippen molar-refractivity contribution in [3.63, 3.8) is 0 Å². The second kappa shape index (κ2) is 6.40. The van der Waals surface area contributed by atoms with Crippen LogP contribution in [0.25, 0.3) is 10.4 Å². The first-order chi connectivity index (χ1) is 8.79. The van der Waals surface area contributed by atoms with Gasteiger partial charge in [-0.15, -0.1) is 0 Å². The summed E-state index contributed by atoms with van der Waals surface area (Å²) in [7, 11) is 0. The molecule has 1 N–H and O–H groups in total. The molecule has 1 aliphatic carbocycles. The number of hydrogen-bond acceptors (Lipinski definition) is 3. The molecule has 3 atom stereocenters. The molecule has 1 fully saturated rings. The van der Waals surface area contributed by atoms with Gasteiger partial charge in [0.25, 0.3) is 0 Å². The van der Waals surface area contributed by atoms with Gasteiger partial charge in [0.2, 0.25) is 0 Å². The van der Waals surface area contributed by atoms with E-state index in [-0.39, 0.29) is 12.1 Å². The van der Waals surface area contributed by atoms with Crippen molar-refractivity contribution in [2.45, 2.75) is 44.1 Å². The second-order valence-corrected chi connectivity index (χ2v) is 4.57. The Hall–Kier alpha value is -1.55. The van der Waals surface area contributed by atoms with Crippen LogP contribution in [0.1, 0.15) is 24.8 Å². The van der Waals surface area contributed by atoms with Crippen molar-refractivity contribution in [3.8, 4) is 0 Å². The first-order valence-corrected chi connectivity index (χ1v) is 6.17. The predicted octanol–water partition coefficient (Wildman–Crippen LogP) is 2.80. The number of rotatable bonds is 4. The molecule has 1 aliphatic rings. The Labute approximate surface area is 106 Å². The first-order valence-electron chi connectivity index (χ1n) is 6.17. The molecule has 1 aromatic carbocycles. The molecule has 0 bridgehead atoms. The van der Waals surface area contributed by atoms with E-state index in [0.717, 1.165) is 12.0 Å². The van der Waals surface area contributed by atoms with Crippen molar-refractivity contribution < 1.29 is 9.84 Å². The van der Waals surface area contributed by atoms with Crippen LogP contribution in [0, 0.1) is 0 Å². The number of azide groups is 1. The smallest absolute Gasteiger partial charge is 0.0720 e. The molecule has 96 valence electrons. The zero-order chi connectivity index (χ0) is 12.8. The van der Waals surface area contributed by atoms with E-state index in [1.54, 1.807) is 0 Å². The summed E-state index contributed by atoms with van der Waals surface area (Å²) in [6.45, 7) is 0.560. The molecule has 18 heavy (non-hydrogen) atoms. The van der Waals surface area contributed by atoms with Crippen molar-refractivity contribution in [1.82, 2.24) is 0 Å². The molecule has 0 radical (unpaired) electrons. The van der Waals surface area contributed by atoms with Crippen molar-refractivity contribution in [3.05, 3.63) is 46.3 Å². The summed E-state index contributed by atoms with van der Waals surface area (Å²) in [6, 6.07) is 9.60. The van der Waals surface area contributed by atoms with Gasteiger partial charge in [-0.1, -0.05) is 35.4 Å². The van der Waals surface area contributed by atoms with Crippen LogP contribution < -0.4 is 0 Å². The lowest BCUT2D eigenvalue weighted by Gasteiger charge is -2.30. The molecule has 1 saturated carbocycles. The topological polar surface area (TPSA) is 78.2 Å².